The van der Waals surface area contributed by atoms with Crippen LogP contribution in [0.1, 0.15) is 186 Å². The Morgan fingerprint density at radius 1 is 0.474 bits per heavy atom. The van der Waals surface area contributed by atoms with E-state index in [0.717, 1.165) is 11.1 Å². The molecule has 10 fully saturated rings. The zero-order chi connectivity index (χ0) is 69.8. The fourth-order valence-corrected chi connectivity index (χ4v) is 25.0. The van der Waals surface area contributed by atoms with Crippen LogP contribution in [0.4, 0.5) is 0 Å². The Hall–Kier alpha value is -3.24. The first-order valence-electron chi connectivity index (χ1n) is 35.4. The minimum Gasteiger partial charge on any atom is -0.481 e. The average Bonchev–Trinajstić information content (AvgIpc) is 0.674. The number of aliphatic hydroxyl groups excluding tert-OH is 11. The summed E-state index contributed by atoms with van der Waals surface area (Å²) in [5.74, 6) is -7.65. The first kappa shape index (κ1) is 71.6. The van der Waals surface area contributed by atoms with Crippen molar-refractivity contribution in [2.45, 2.75) is 283 Å². The van der Waals surface area contributed by atoms with Crippen LogP contribution in [-0.4, -0.2) is 206 Å². The van der Waals surface area contributed by atoms with E-state index in [4.69, 9.17) is 23.7 Å². The molecule has 0 radical (unpaired) electrons. The zero-order valence-electron chi connectivity index (χ0n) is 57.5. The van der Waals surface area contributed by atoms with Crippen LogP contribution in [0.2, 0.25) is 0 Å². The Kier molecular flexibility index (Phi) is 17.4. The molecule has 0 aromatic rings. The number of carbonyl (C=O) groups excluding carboxylic acids is 3. The number of aliphatic hydroxyl groups is 13. The Morgan fingerprint density at radius 2 is 0.863 bits per heavy atom. The number of rotatable bonds is 9. The number of fused-ring (bicyclic) bond motifs is 14. The maximum atomic E-state index is 15.8. The molecule has 23 nitrogen and oxygen atoms in total. The van der Waals surface area contributed by atoms with E-state index >= 15 is 9.59 Å². The molecule has 0 aromatic carbocycles. The average molecular weight is 1340 g/mol. The lowest BCUT2D eigenvalue weighted by molar-refractivity contribution is -0.299. The molecule has 12 rings (SSSR count). The Morgan fingerprint density at radius 3 is 1.25 bits per heavy atom. The number of aliphatic carboxylic acids is 1. The van der Waals surface area contributed by atoms with E-state index in [1.165, 1.54) is 0 Å². The van der Waals surface area contributed by atoms with Crippen LogP contribution in [0.15, 0.2) is 23.3 Å². The molecule has 10 aliphatic carbocycles. The van der Waals surface area contributed by atoms with Gasteiger partial charge in [-0.1, -0.05) is 78.7 Å². The quantitative estimate of drug-likeness (QED) is 0.0892. The van der Waals surface area contributed by atoms with Crippen molar-refractivity contribution in [1.82, 2.24) is 0 Å². The van der Waals surface area contributed by atoms with Crippen molar-refractivity contribution in [2.75, 3.05) is 13.2 Å². The summed E-state index contributed by atoms with van der Waals surface area (Å²) in [6.45, 7) is 21.9. The molecular weight excluding hydrogens is 1230 g/mol. The Labute approximate surface area is 557 Å². The molecule has 2 saturated heterocycles. The van der Waals surface area contributed by atoms with Gasteiger partial charge in [0.25, 0.3) is 0 Å². The highest BCUT2D eigenvalue weighted by atomic mass is 16.7. The van der Waals surface area contributed by atoms with Crippen molar-refractivity contribution in [1.29, 1.82) is 0 Å². The summed E-state index contributed by atoms with van der Waals surface area (Å²) in [7, 11) is 0. The third kappa shape index (κ3) is 9.34. The first-order valence-corrected chi connectivity index (χ1v) is 35.4. The molecule has 536 valence electrons. The maximum absolute atomic E-state index is 15.8. The smallest absolute Gasteiger partial charge is 0.315 e. The second kappa shape index (κ2) is 23.1. The van der Waals surface area contributed by atoms with Crippen molar-refractivity contribution < 1.29 is 114 Å². The predicted octanol–water partition coefficient (Wildman–Crippen LogP) is 3.48. The molecule has 0 aromatic heterocycles. The van der Waals surface area contributed by atoms with Gasteiger partial charge in [-0.15, -0.1) is 0 Å². The largest absolute Gasteiger partial charge is 0.481 e. The number of allylic oxidation sites excluding steroid dienone is 2. The van der Waals surface area contributed by atoms with Crippen molar-refractivity contribution in [3.8, 4) is 0 Å². The maximum Gasteiger partial charge on any atom is 0.315 e. The third-order valence-corrected chi connectivity index (χ3v) is 31.4. The van der Waals surface area contributed by atoms with E-state index < -0.39 is 212 Å². The summed E-state index contributed by atoms with van der Waals surface area (Å²) in [5.41, 5.74) is -11.9. The van der Waals surface area contributed by atoms with Crippen molar-refractivity contribution in [3.63, 3.8) is 0 Å². The van der Waals surface area contributed by atoms with E-state index in [2.05, 4.69) is 46.8 Å². The molecule has 14 N–H and O–H groups in total. The van der Waals surface area contributed by atoms with Gasteiger partial charge in [0, 0.05) is 11.8 Å². The standard InChI is InChI=1S/C72H110O23/c1-33-17-23-71(59(87)94-55-49(81)47(79)45(77)39(31-73)91-55)27-25-63(5)35(51(71)69(33,11)89)13-15-41-61(3)29-37(75)53(83)67(9,43(61)19-21-65(41,63)7)58(86)93-54-38(76)30-62(4)42-16-14-36-52-70(12,90)34(2)18-24-72(52,60(88)95-56-50(82)48(80)46(78)40(32-74)92-56)28-26-64(36,6)66(42,8)22-20-44(62)68(54,10)57(84)85/h13-14,33-34,37-56,73-83,89-90H,15-32H2,1-12H3,(H,84,85). The summed E-state index contributed by atoms with van der Waals surface area (Å²) < 4.78 is 30.0. The molecule has 0 spiro atoms. The lowest BCUT2D eigenvalue weighted by atomic mass is 9.32. The monoisotopic (exact) mass is 1340 g/mol. The van der Waals surface area contributed by atoms with Crippen molar-refractivity contribution >= 4 is 23.9 Å². The molecule has 2 aliphatic heterocycles. The van der Waals surface area contributed by atoms with Crippen LogP contribution in [0, 0.1) is 101 Å². The SMILES string of the molecule is CC1CCC2(C(=O)OC3OC(CO)C(O)C(O)C3O)CCC3(C)C(=CCC4C5(C)CC(O)C(O)C(C)(C(=O)OC6C(O)CC7(C)C(CCC8(C)C7CC=C7C9C(C(=O)OC%10OC(CO)C(O)C(O)C%10O)(CCC(C)C9(C)O)CCC78C)C6(C)C(=O)O)C5CCC43C)C2C1(C)O. The summed E-state index contributed by atoms with van der Waals surface area (Å²) in [5, 5.41) is 159. The van der Waals surface area contributed by atoms with Gasteiger partial charge in [-0.3, -0.25) is 19.2 Å². The highest BCUT2D eigenvalue weighted by molar-refractivity contribution is 5.82. The molecule has 0 amide bonds. The van der Waals surface area contributed by atoms with E-state index in [-0.39, 0.29) is 49.4 Å². The molecule has 12 aliphatic rings. The third-order valence-electron chi connectivity index (χ3n) is 31.4. The second-order valence-electron chi connectivity index (χ2n) is 35.0. The molecule has 34 unspecified atom stereocenters. The Bertz CT molecular complexity index is 3110. The van der Waals surface area contributed by atoms with Gasteiger partial charge in [0.05, 0.1) is 59.0 Å². The highest BCUT2D eigenvalue weighted by Gasteiger charge is 2.78. The molecule has 23 heteroatoms. The lowest BCUT2D eigenvalue weighted by Gasteiger charge is -2.72. The Balaban J connectivity index is 0.826. The van der Waals surface area contributed by atoms with Gasteiger partial charge in [-0.05, 0) is 198 Å². The molecule has 2 heterocycles. The predicted molar refractivity (Wildman–Crippen MR) is 336 cm³/mol. The second-order valence-corrected chi connectivity index (χ2v) is 35.0. The van der Waals surface area contributed by atoms with E-state index in [9.17, 15) is 81.1 Å². The van der Waals surface area contributed by atoms with E-state index in [1.54, 1.807) is 27.7 Å². The van der Waals surface area contributed by atoms with Crippen molar-refractivity contribution in [2.24, 2.45) is 101 Å². The van der Waals surface area contributed by atoms with Crippen molar-refractivity contribution in [3.05, 3.63) is 23.3 Å². The first-order chi connectivity index (χ1) is 44.0. The number of ether oxygens (including phenoxy) is 5. The van der Waals surface area contributed by atoms with Crippen LogP contribution < -0.4 is 0 Å². The number of hydrogen-bond acceptors (Lipinski definition) is 22. The summed E-state index contributed by atoms with van der Waals surface area (Å²) in [4.78, 5) is 60.3. The number of esters is 3. The molecule has 8 saturated carbocycles. The number of carboxylic acid groups (broad SMARTS) is 1. The zero-order valence-corrected chi connectivity index (χ0v) is 57.5. The summed E-state index contributed by atoms with van der Waals surface area (Å²) >= 11 is 0. The topological polar surface area (TPSA) is 398 Å². The number of hydrogen-bond donors (Lipinski definition) is 14. The molecule has 0 bridgehead atoms. The minimum absolute atomic E-state index is 0.0433. The summed E-state index contributed by atoms with van der Waals surface area (Å²) in [6.07, 6.45) is -13.1. The fourth-order valence-electron chi connectivity index (χ4n) is 25.0. The van der Waals surface area contributed by atoms with Gasteiger partial charge in [0.1, 0.15) is 60.4 Å². The van der Waals surface area contributed by atoms with Gasteiger partial charge < -0.3 is 95.2 Å². The van der Waals surface area contributed by atoms with Crippen LogP contribution in [0.5, 0.6) is 0 Å². The van der Waals surface area contributed by atoms with Gasteiger partial charge in [0.15, 0.2) is 0 Å². The number of carbonyl (C=O) groups is 4. The lowest BCUT2D eigenvalue weighted by Crippen LogP contribution is -2.72. The van der Waals surface area contributed by atoms with Crippen LogP contribution in [0.3, 0.4) is 0 Å². The summed E-state index contributed by atoms with van der Waals surface area (Å²) in [6, 6.07) is 0. The molecule has 95 heavy (non-hydrogen) atoms. The normalized spacial score (nSPS) is 57.1. The van der Waals surface area contributed by atoms with Gasteiger partial charge in [0.2, 0.25) is 12.6 Å². The van der Waals surface area contributed by atoms with Gasteiger partial charge in [-0.25, -0.2) is 0 Å². The fraction of sp³-hybridized carbons (Fsp3) is 0.889. The van der Waals surface area contributed by atoms with Crippen LogP contribution in [0.25, 0.3) is 0 Å². The molecule has 34 atom stereocenters. The van der Waals surface area contributed by atoms with Gasteiger partial charge in [-0.2, -0.15) is 0 Å². The van der Waals surface area contributed by atoms with E-state index in [1.807, 2.05) is 20.8 Å². The highest BCUT2D eigenvalue weighted by Crippen LogP contribution is 2.79. The van der Waals surface area contributed by atoms with Gasteiger partial charge >= 0.3 is 23.9 Å². The number of carboxylic acids is 1. The van der Waals surface area contributed by atoms with Crippen LogP contribution >= 0.6 is 0 Å². The minimum atomic E-state index is -1.88. The van der Waals surface area contributed by atoms with E-state index in [0.29, 0.717) is 77.0 Å². The van der Waals surface area contributed by atoms with Crippen LogP contribution in [-0.2, 0) is 42.9 Å². The molecular formula is C72H110O23.